The van der Waals surface area contributed by atoms with Crippen molar-refractivity contribution in [1.29, 1.82) is 0 Å². The van der Waals surface area contributed by atoms with Gasteiger partial charge < -0.3 is 45.1 Å². The van der Waals surface area contributed by atoms with E-state index in [2.05, 4.69) is 41.9 Å². The summed E-state index contributed by atoms with van der Waals surface area (Å²) in [5.41, 5.74) is 9.22. The zero-order chi connectivity index (χ0) is 29.1. The zero-order valence-corrected chi connectivity index (χ0v) is 25.1. The van der Waals surface area contributed by atoms with E-state index in [9.17, 15) is 0 Å². The zero-order valence-electron chi connectivity index (χ0n) is 24.3. The average Bonchev–Trinajstić information content (AvgIpc) is 3.38. The minimum atomic E-state index is 0.638. The topological polar surface area (TPSA) is 111 Å². The largest absolute Gasteiger partial charge is 0.493 e. The third-order valence-electron chi connectivity index (χ3n) is 8.15. The van der Waals surface area contributed by atoms with Crippen LogP contribution < -0.4 is 25.4 Å². The van der Waals surface area contributed by atoms with E-state index in [1.165, 1.54) is 0 Å². The predicted octanol–water partition coefficient (Wildman–Crippen LogP) is 3.24. The molecule has 2 aliphatic rings. The molecule has 0 spiro atoms. The van der Waals surface area contributed by atoms with Gasteiger partial charge in [-0.3, -0.25) is 0 Å². The number of hydrogen-bond donors (Lipinski definition) is 3. The van der Waals surface area contributed by atoms with Gasteiger partial charge in [0.1, 0.15) is 17.8 Å². The highest BCUT2D eigenvalue weighted by molar-refractivity contribution is 7.80. The molecule has 2 saturated heterocycles. The van der Waals surface area contributed by atoms with Crippen molar-refractivity contribution in [2.24, 2.45) is 0 Å². The van der Waals surface area contributed by atoms with Crippen LogP contribution in [0, 0.1) is 0 Å². The molecule has 12 heteroatoms. The van der Waals surface area contributed by atoms with Gasteiger partial charge in [-0.15, -0.1) is 0 Å². The Bertz CT molecular complexity index is 1530. The summed E-state index contributed by atoms with van der Waals surface area (Å²) in [5, 5.41) is 6.04. The van der Waals surface area contributed by atoms with Crippen LogP contribution in [-0.2, 0) is 0 Å². The van der Waals surface area contributed by atoms with Crippen molar-refractivity contribution < 1.29 is 9.47 Å². The lowest BCUT2D eigenvalue weighted by Crippen LogP contribution is -2.50. The smallest absolute Gasteiger partial charge is 0.173 e. The lowest BCUT2D eigenvalue weighted by molar-refractivity contribution is 0.145. The van der Waals surface area contributed by atoms with Crippen LogP contribution in [0.1, 0.15) is 6.42 Å². The van der Waals surface area contributed by atoms with Gasteiger partial charge in [0, 0.05) is 81.7 Å². The van der Waals surface area contributed by atoms with Gasteiger partial charge in [-0.05, 0) is 56.0 Å². The number of nitrogens with one attached hydrogen (secondary N) is 2. The van der Waals surface area contributed by atoms with Gasteiger partial charge in [0.2, 0.25) is 0 Å². The van der Waals surface area contributed by atoms with E-state index in [4.69, 9.17) is 32.4 Å². The minimum absolute atomic E-state index is 0.638. The van der Waals surface area contributed by atoms with Crippen molar-refractivity contribution in [2.45, 2.75) is 6.42 Å². The highest BCUT2D eigenvalue weighted by Gasteiger charge is 2.24. The second kappa shape index (κ2) is 12.6. The number of piperazine rings is 2. The number of rotatable bonds is 8. The van der Waals surface area contributed by atoms with Crippen molar-refractivity contribution in [3.63, 3.8) is 0 Å². The summed E-state index contributed by atoms with van der Waals surface area (Å²) in [5.74, 6) is 2.35. The Morgan fingerprint density at radius 2 is 1.76 bits per heavy atom. The molecule has 42 heavy (non-hydrogen) atoms. The quantitative estimate of drug-likeness (QED) is 0.160. The van der Waals surface area contributed by atoms with Gasteiger partial charge in [0.15, 0.2) is 16.6 Å². The maximum atomic E-state index is 6.22. The SMILES string of the molecule is COc1cc2c(cc1OCCCN1CCN(C)CC1)[nH]c1ncnc(N3CCN(C(=S)Nc4ccc(N)cc4)CC3)c12. The number of thiocarbonyl (C=S) groups is 1. The Labute approximate surface area is 251 Å². The van der Waals surface area contributed by atoms with Crippen LogP contribution in [-0.4, -0.2) is 114 Å². The van der Waals surface area contributed by atoms with Crippen LogP contribution in [0.5, 0.6) is 11.5 Å². The maximum absolute atomic E-state index is 6.22. The van der Waals surface area contributed by atoms with E-state index in [0.717, 1.165) is 110 Å². The van der Waals surface area contributed by atoms with Gasteiger partial charge in [-0.25, -0.2) is 9.97 Å². The molecular weight excluding hydrogens is 550 g/mol. The fourth-order valence-electron chi connectivity index (χ4n) is 5.66. The Morgan fingerprint density at radius 1 is 1.00 bits per heavy atom. The standard InChI is InChI=1S/C30H39N9O2S/c1-36-9-11-37(12-10-36)8-3-17-41-26-19-24-23(18-25(26)40-2)27-28(35-24)32-20-33-29(27)38-13-15-39(16-14-38)30(42)34-22-6-4-21(31)5-7-22/h4-7,18-20H,3,8-17,31H2,1-2H3,(H,34,42)(H,32,33,35). The number of nitrogen functional groups attached to an aromatic ring is 1. The number of aromatic nitrogens is 3. The first kappa shape index (κ1) is 28.3. The van der Waals surface area contributed by atoms with Gasteiger partial charge >= 0.3 is 0 Å². The number of ether oxygens (including phenoxy) is 2. The van der Waals surface area contributed by atoms with Gasteiger partial charge in [-0.2, -0.15) is 0 Å². The number of fused-ring (bicyclic) bond motifs is 3. The molecule has 11 nitrogen and oxygen atoms in total. The number of hydrogen-bond acceptors (Lipinski definition) is 9. The average molecular weight is 590 g/mol. The predicted molar refractivity (Wildman–Crippen MR) is 173 cm³/mol. The molecule has 0 bridgehead atoms. The Kier molecular flexibility index (Phi) is 8.45. The summed E-state index contributed by atoms with van der Waals surface area (Å²) in [6.45, 7) is 9.30. The molecule has 222 valence electrons. The second-order valence-corrected chi connectivity index (χ2v) is 11.4. The van der Waals surface area contributed by atoms with Crippen LogP contribution in [0.4, 0.5) is 17.2 Å². The summed E-state index contributed by atoms with van der Waals surface area (Å²) in [6.07, 6.45) is 2.60. The van der Waals surface area contributed by atoms with E-state index in [1.807, 2.05) is 36.4 Å². The molecule has 0 radical (unpaired) electrons. The van der Waals surface area contributed by atoms with Gasteiger partial charge in [0.25, 0.3) is 0 Å². The number of aromatic amines is 1. The van der Waals surface area contributed by atoms with E-state index < -0.39 is 0 Å². The molecular formula is C30H39N9O2S. The molecule has 0 saturated carbocycles. The summed E-state index contributed by atoms with van der Waals surface area (Å²) >= 11 is 5.69. The van der Waals surface area contributed by atoms with Gasteiger partial charge in [-0.1, -0.05) is 0 Å². The number of methoxy groups -OCH3 is 1. The van der Waals surface area contributed by atoms with Crippen LogP contribution in [0.2, 0.25) is 0 Å². The van der Waals surface area contributed by atoms with Crippen molar-refractivity contribution in [1.82, 2.24) is 29.7 Å². The van der Waals surface area contributed by atoms with Gasteiger partial charge in [0.05, 0.1) is 24.6 Å². The van der Waals surface area contributed by atoms with Crippen molar-refractivity contribution in [3.8, 4) is 11.5 Å². The highest BCUT2D eigenvalue weighted by Crippen LogP contribution is 2.38. The molecule has 2 fully saturated rings. The van der Waals surface area contributed by atoms with Crippen molar-refractivity contribution in [3.05, 3.63) is 42.7 Å². The fourth-order valence-corrected chi connectivity index (χ4v) is 5.96. The first-order valence-corrected chi connectivity index (χ1v) is 14.9. The summed E-state index contributed by atoms with van der Waals surface area (Å²) in [7, 11) is 3.87. The lowest BCUT2D eigenvalue weighted by Gasteiger charge is -2.37. The molecule has 4 heterocycles. The van der Waals surface area contributed by atoms with E-state index in [1.54, 1.807) is 13.4 Å². The Hall–Kier alpha value is -3.87. The molecule has 2 aromatic heterocycles. The molecule has 2 aliphatic heterocycles. The molecule has 2 aromatic carbocycles. The van der Waals surface area contributed by atoms with Crippen molar-refractivity contribution in [2.75, 3.05) is 95.6 Å². The molecule has 4 aromatic rings. The van der Waals surface area contributed by atoms with Crippen LogP contribution >= 0.6 is 12.2 Å². The number of anilines is 3. The number of benzene rings is 2. The molecule has 0 atom stereocenters. The summed E-state index contributed by atoms with van der Waals surface area (Å²) < 4.78 is 12.0. The third-order valence-corrected chi connectivity index (χ3v) is 8.51. The summed E-state index contributed by atoms with van der Waals surface area (Å²) in [6, 6.07) is 11.7. The Balaban J connectivity index is 1.13. The minimum Gasteiger partial charge on any atom is -0.493 e. The van der Waals surface area contributed by atoms with Crippen molar-refractivity contribution >= 4 is 56.5 Å². The molecule has 4 N–H and O–H groups in total. The van der Waals surface area contributed by atoms with Crippen LogP contribution in [0.25, 0.3) is 21.9 Å². The lowest BCUT2D eigenvalue weighted by atomic mass is 10.1. The normalized spacial score (nSPS) is 16.7. The monoisotopic (exact) mass is 589 g/mol. The van der Waals surface area contributed by atoms with Crippen LogP contribution in [0.15, 0.2) is 42.7 Å². The number of nitrogens with two attached hydrogens (primary N) is 1. The van der Waals surface area contributed by atoms with E-state index in [-0.39, 0.29) is 0 Å². The molecule has 0 amide bonds. The highest BCUT2D eigenvalue weighted by atomic mass is 32.1. The maximum Gasteiger partial charge on any atom is 0.173 e. The number of nitrogens with zero attached hydrogens (tertiary/aromatic N) is 6. The molecule has 0 aliphatic carbocycles. The first-order chi connectivity index (χ1) is 20.5. The molecule has 0 unspecified atom stereocenters. The number of likely N-dealkylation sites (N-methyl/N-ethyl adjacent to an activating group) is 1. The Morgan fingerprint density at radius 3 is 2.50 bits per heavy atom. The fraction of sp³-hybridized carbons (Fsp3) is 0.433. The van der Waals surface area contributed by atoms with E-state index in [0.29, 0.717) is 17.5 Å². The second-order valence-electron chi connectivity index (χ2n) is 11.0. The van der Waals surface area contributed by atoms with E-state index >= 15 is 0 Å². The van der Waals surface area contributed by atoms with Crippen LogP contribution in [0.3, 0.4) is 0 Å². The molecule has 6 rings (SSSR count). The summed E-state index contributed by atoms with van der Waals surface area (Å²) in [4.78, 5) is 22.1. The third kappa shape index (κ3) is 6.15. The first-order valence-electron chi connectivity index (χ1n) is 14.5. The number of H-pyrrole nitrogens is 1.